The average molecular weight is 440 g/mol. The first-order chi connectivity index (χ1) is 12.0. The molecule has 0 radical (unpaired) electrons. The summed E-state index contributed by atoms with van der Waals surface area (Å²) in [6.07, 6.45) is -0.834. The lowest BCUT2D eigenvalue weighted by atomic mass is 10.3. The van der Waals surface area contributed by atoms with E-state index >= 15 is 0 Å². The molecule has 0 aliphatic carbocycles. The minimum atomic E-state index is -0.834. The van der Waals surface area contributed by atoms with Gasteiger partial charge >= 0.3 is 5.97 Å². The van der Waals surface area contributed by atoms with Crippen LogP contribution in [0.1, 0.15) is 9.67 Å². The number of thiophene rings is 1. The number of carbonyl (C=O) groups is 1. The van der Waals surface area contributed by atoms with Gasteiger partial charge in [0.05, 0.1) is 16.8 Å². The van der Waals surface area contributed by atoms with Gasteiger partial charge in [0.15, 0.2) is 0 Å². The van der Waals surface area contributed by atoms with E-state index in [9.17, 15) is 10.0 Å². The lowest BCUT2D eigenvalue weighted by molar-refractivity contribution is 0.00626. The van der Waals surface area contributed by atoms with E-state index in [1.807, 2.05) is 41.6 Å². The van der Waals surface area contributed by atoms with Gasteiger partial charge in [-0.15, -0.1) is 11.3 Å². The Balaban J connectivity index is 1.65. The fourth-order valence-corrected chi connectivity index (χ4v) is 5.18. The number of hydrogen-bond acceptors (Lipinski definition) is 7. The van der Waals surface area contributed by atoms with Gasteiger partial charge in [-0.1, -0.05) is 23.5 Å². The fourth-order valence-electron chi connectivity index (χ4n) is 2.84. The van der Waals surface area contributed by atoms with E-state index in [-0.39, 0.29) is 6.67 Å². The van der Waals surface area contributed by atoms with Crippen LogP contribution in [0.3, 0.4) is 0 Å². The third-order valence-corrected chi connectivity index (χ3v) is 6.82. The highest BCUT2D eigenvalue weighted by atomic mass is 79.9. The number of likely N-dealkylation sites (N-methyl/N-ethyl adjacent to an activating group) is 1. The number of hydroxylamine groups is 2. The van der Waals surface area contributed by atoms with E-state index in [2.05, 4.69) is 20.9 Å². The number of rotatable bonds is 3. The minimum absolute atomic E-state index is 0.200. The molecule has 3 aromatic rings. The molecule has 4 rings (SSSR count). The van der Waals surface area contributed by atoms with Gasteiger partial charge in [0.1, 0.15) is 11.5 Å². The maximum atomic E-state index is 13.5. The first kappa shape index (κ1) is 17.1. The third-order valence-electron chi connectivity index (χ3n) is 4.00. The van der Waals surface area contributed by atoms with E-state index in [4.69, 9.17) is 4.74 Å². The lowest BCUT2D eigenvalue weighted by Crippen LogP contribution is -2.50. The number of carbonyl (C=O) groups excluding carboxylic acids is 1. The van der Waals surface area contributed by atoms with Crippen molar-refractivity contribution >= 4 is 59.9 Å². The van der Waals surface area contributed by atoms with E-state index < -0.39 is 16.8 Å². The Labute approximate surface area is 160 Å². The number of ether oxygens (including phenoxy) is 1. The summed E-state index contributed by atoms with van der Waals surface area (Å²) in [6.45, 7) is 0.573. The number of para-hydroxylation sites is 1. The highest BCUT2D eigenvalue weighted by Crippen LogP contribution is 2.37. The fraction of sp³-hybridized carbons (Fsp3) is 0.250. The van der Waals surface area contributed by atoms with Gasteiger partial charge in [-0.25, -0.2) is 9.69 Å². The number of aromatic nitrogens is 1. The van der Waals surface area contributed by atoms with Crippen molar-refractivity contribution in [2.75, 3.05) is 20.3 Å². The number of hydrogen-bond donors (Lipinski definition) is 0. The minimum Gasteiger partial charge on any atom is -0.622 e. The summed E-state index contributed by atoms with van der Waals surface area (Å²) in [6, 6.07) is 9.33. The van der Waals surface area contributed by atoms with Crippen LogP contribution >= 0.6 is 38.6 Å². The summed E-state index contributed by atoms with van der Waals surface area (Å²) in [4.78, 5) is 19.2. The van der Waals surface area contributed by atoms with Crippen molar-refractivity contribution in [3.05, 3.63) is 50.3 Å². The van der Waals surface area contributed by atoms with Crippen LogP contribution < -0.4 is 4.65 Å². The number of nitrogens with zero attached hydrogens (tertiary/aromatic N) is 3. The van der Waals surface area contributed by atoms with Gasteiger partial charge in [-0.2, -0.15) is 4.98 Å². The van der Waals surface area contributed by atoms with Gasteiger partial charge in [0.2, 0.25) is 0 Å². The summed E-state index contributed by atoms with van der Waals surface area (Å²) in [5.41, 5.74) is 0.790. The smallest absolute Gasteiger partial charge is 0.352 e. The molecule has 1 aromatic carbocycles. The molecule has 3 heterocycles. The maximum absolute atomic E-state index is 13.5. The average Bonchev–Trinajstić information content (AvgIpc) is 3.25. The molecule has 2 unspecified atom stereocenters. The number of quaternary nitrogens is 1. The zero-order valence-corrected chi connectivity index (χ0v) is 16.4. The third kappa shape index (κ3) is 3.12. The van der Waals surface area contributed by atoms with Crippen molar-refractivity contribution in [1.29, 1.82) is 0 Å². The van der Waals surface area contributed by atoms with Gasteiger partial charge in [-0.3, -0.25) is 4.65 Å². The van der Waals surface area contributed by atoms with Crippen LogP contribution in [0, 0.1) is 5.21 Å². The van der Waals surface area contributed by atoms with Crippen molar-refractivity contribution in [2.24, 2.45) is 0 Å². The molecule has 1 saturated heterocycles. The molecule has 1 fully saturated rings. The normalized spacial score (nSPS) is 24.0. The van der Waals surface area contributed by atoms with Crippen LogP contribution in [-0.4, -0.2) is 42.3 Å². The van der Waals surface area contributed by atoms with Gasteiger partial charge < -0.3 is 9.94 Å². The van der Waals surface area contributed by atoms with E-state index in [0.717, 1.165) is 14.7 Å². The maximum Gasteiger partial charge on any atom is 0.352 e. The molecule has 0 spiro atoms. The Morgan fingerprint density at radius 2 is 2.28 bits per heavy atom. The molecular formula is C16H14BrN3O3S2. The first-order valence-corrected chi connectivity index (χ1v) is 10.0. The second-order valence-electron chi connectivity index (χ2n) is 5.93. The Kier molecular flexibility index (Phi) is 4.38. The summed E-state index contributed by atoms with van der Waals surface area (Å²) < 4.78 is 6.59. The Hall–Kier alpha value is -1.36. The molecule has 2 aromatic heterocycles. The largest absolute Gasteiger partial charge is 0.622 e. The molecule has 1 aliphatic rings. The standard InChI is InChI=1S/C16H14BrN3O3S2/c1-19-7-14(23-15(21)13-6-10(17)8-24-13)20(22,9-19)16-18-11-4-2-3-5-12(11)25-16/h2-6,8,14H,7,9H2,1H3. The van der Waals surface area contributed by atoms with Gasteiger partial charge in [0, 0.05) is 9.85 Å². The number of esters is 1. The monoisotopic (exact) mass is 439 g/mol. The number of thiazole rings is 1. The highest BCUT2D eigenvalue weighted by Gasteiger charge is 2.45. The van der Waals surface area contributed by atoms with E-state index in [0.29, 0.717) is 16.6 Å². The van der Waals surface area contributed by atoms with Crippen LogP contribution in [0.2, 0.25) is 0 Å². The molecule has 2 atom stereocenters. The molecule has 130 valence electrons. The van der Waals surface area contributed by atoms with Gasteiger partial charge in [0.25, 0.3) is 11.4 Å². The highest BCUT2D eigenvalue weighted by molar-refractivity contribution is 9.10. The van der Waals surface area contributed by atoms with E-state index in [1.165, 1.54) is 22.7 Å². The SMILES string of the molecule is CN1CC(OC(=O)c2cc(Br)cs2)[N+]([O-])(c2nc3ccccc3s2)C1. The molecule has 0 amide bonds. The molecular weight excluding hydrogens is 426 g/mol. The molecule has 6 nitrogen and oxygen atoms in total. The topological polar surface area (TPSA) is 65.5 Å². The van der Waals surface area contributed by atoms with Crippen molar-refractivity contribution in [3.63, 3.8) is 0 Å². The number of fused-ring (bicyclic) bond motifs is 1. The van der Waals surface area contributed by atoms with Gasteiger partial charge in [-0.05, 0) is 41.2 Å². The van der Waals surface area contributed by atoms with Crippen LogP contribution in [0.15, 0.2) is 40.2 Å². The zero-order valence-electron chi connectivity index (χ0n) is 13.2. The predicted octanol–water partition coefficient (Wildman–Crippen LogP) is 4.01. The molecule has 25 heavy (non-hydrogen) atoms. The van der Waals surface area contributed by atoms with Crippen LogP contribution in [0.4, 0.5) is 5.13 Å². The summed E-state index contributed by atoms with van der Waals surface area (Å²) in [7, 11) is 1.84. The molecule has 1 aliphatic heterocycles. The van der Waals surface area contributed by atoms with E-state index in [1.54, 1.807) is 6.07 Å². The molecule has 0 saturated carbocycles. The Bertz CT molecular complexity index is 911. The second kappa shape index (κ2) is 6.42. The molecule has 9 heteroatoms. The summed E-state index contributed by atoms with van der Waals surface area (Å²) in [5, 5.41) is 15.8. The summed E-state index contributed by atoms with van der Waals surface area (Å²) in [5.74, 6) is -0.476. The quantitative estimate of drug-likeness (QED) is 0.350. The van der Waals surface area contributed by atoms with Crippen LogP contribution in [0.5, 0.6) is 0 Å². The predicted molar refractivity (Wildman–Crippen MR) is 104 cm³/mol. The Morgan fingerprint density at radius 3 is 3.00 bits per heavy atom. The number of halogens is 1. The van der Waals surface area contributed by atoms with Crippen LogP contribution in [0.25, 0.3) is 10.2 Å². The summed E-state index contributed by atoms with van der Waals surface area (Å²) >= 11 is 5.96. The van der Waals surface area contributed by atoms with Crippen molar-refractivity contribution in [3.8, 4) is 0 Å². The molecule has 0 N–H and O–H groups in total. The van der Waals surface area contributed by atoms with Crippen molar-refractivity contribution in [2.45, 2.75) is 6.23 Å². The first-order valence-electron chi connectivity index (χ1n) is 7.54. The second-order valence-corrected chi connectivity index (χ2v) is 8.76. The number of benzene rings is 1. The zero-order chi connectivity index (χ0) is 17.6. The Morgan fingerprint density at radius 1 is 1.48 bits per heavy atom. The lowest BCUT2D eigenvalue weighted by Gasteiger charge is -2.38. The van der Waals surface area contributed by atoms with Crippen molar-refractivity contribution in [1.82, 2.24) is 14.5 Å². The van der Waals surface area contributed by atoms with Crippen LogP contribution in [-0.2, 0) is 4.74 Å². The van der Waals surface area contributed by atoms with Crippen molar-refractivity contribution < 1.29 is 9.53 Å². The molecule has 0 bridgehead atoms.